The highest BCUT2D eigenvalue weighted by Crippen LogP contribution is 2.12. The molecule has 0 saturated heterocycles. The molecule has 0 aromatic carbocycles. The molecule has 5 nitrogen and oxygen atoms in total. The van der Waals surface area contributed by atoms with Crippen LogP contribution in [0, 0.1) is 0 Å². The van der Waals surface area contributed by atoms with Crippen LogP contribution < -0.4 is 0 Å². The predicted molar refractivity (Wildman–Crippen MR) is 56.6 cm³/mol. The van der Waals surface area contributed by atoms with Crippen LogP contribution >= 0.6 is 15.9 Å². The van der Waals surface area contributed by atoms with Crippen molar-refractivity contribution in [3.05, 3.63) is 29.0 Å². The SMILES string of the molecule is CCOC(=O)c1ncn2cc(Br)ncc12. The zero-order valence-electron chi connectivity index (χ0n) is 7.98. The summed E-state index contributed by atoms with van der Waals surface area (Å²) in [4.78, 5) is 19.5. The summed E-state index contributed by atoms with van der Waals surface area (Å²) >= 11 is 3.23. The van der Waals surface area contributed by atoms with E-state index in [1.54, 1.807) is 30.0 Å². The first-order valence-corrected chi connectivity index (χ1v) is 5.17. The molecule has 2 aromatic heterocycles. The van der Waals surface area contributed by atoms with Crippen molar-refractivity contribution in [2.75, 3.05) is 6.61 Å². The molecule has 15 heavy (non-hydrogen) atoms. The van der Waals surface area contributed by atoms with E-state index in [2.05, 4.69) is 25.9 Å². The average molecular weight is 270 g/mol. The van der Waals surface area contributed by atoms with Gasteiger partial charge in [0.15, 0.2) is 5.69 Å². The first-order chi connectivity index (χ1) is 7.22. The third-order valence-corrected chi connectivity index (χ3v) is 2.27. The summed E-state index contributed by atoms with van der Waals surface area (Å²) in [7, 11) is 0. The number of aromatic nitrogens is 3. The summed E-state index contributed by atoms with van der Waals surface area (Å²) in [5.74, 6) is -0.427. The molecule has 0 radical (unpaired) electrons. The maximum Gasteiger partial charge on any atom is 0.359 e. The predicted octanol–water partition coefficient (Wildman–Crippen LogP) is 1.67. The Kier molecular flexibility index (Phi) is 2.68. The van der Waals surface area contributed by atoms with Crippen LogP contribution in [0.1, 0.15) is 17.4 Å². The molecule has 78 valence electrons. The molecule has 0 saturated carbocycles. The standard InChI is InChI=1S/C9H8BrN3O2/c1-2-15-9(14)8-6-3-11-7(10)4-13(6)5-12-8/h3-5H,2H2,1H3. The zero-order chi connectivity index (χ0) is 10.8. The molecular formula is C9H8BrN3O2. The van der Waals surface area contributed by atoms with Gasteiger partial charge in [-0.2, -0.15) is 0 Å². The lowest BCUT2D eigenvalue weighted by molar-refractivity contribution is 0.0522. The summed E-state index contributed by atoms with van der Waals surface area (Å²) in [6.45, 7) is 2.09. The summed E-state index contributed by atoms with van der Waals surface area (Å²) < 4.78 is 7.27. The summed E-state index contributed by atoms with van der Waals surface area (Å²) in [5.41, 5.74) is 0.925. The number of fused-ring (bicyclic) bond motifs is 1. The maximum absolute atomic E-state index is 11.5. The van der Waals surface area contributed by atoms with Gasteiger partial charge < -0.3 is 9.14 Å². The van der Waals surface area contributed by atoms with Crippen molar-refractivity contribution in [3.8, 4) is 0 Å². The molecule has 0 aliphatic heterocycles. The largest absolute Gasteiger partial charge is 0.461 e. The fraction of sp³-hybridized carbons (Fsp3) is 0.222. The smallest absolute Gasteiger partial charge is 0.359 e. The third kappa shape index (κ3) is 1.85. The second-order valence-electron chi connectivity index (χ2n) is 2.82. The first kappa shape index (κ1) is 10.1. The van der Waals surface area contributed by atoms with Gasteiger partial charge in [0.1, 0.15) is 10.9 Å². The molecule has 2 aromatic rings. The molecule has 0 aliphatic carbocycles. The monoisotopic (exact) mass is 269 g/mol. The topological polar surface area (TPSA) is 56.5 Å². The molecule has 2 rings (SSSR count). The Morgan fingerprint density at radius 2 is 2.40 bits per heavy atom. The van der Waals surface area contributed by atoms with Crippen LogP contribution in [0.2, 0.25) is 0 Å². The van der Waals surface area contributed by atoms with E-state index in [4.69, 9.17) is 4.74 Å². The van der Waals surface area contributed by atoms with E-state index in [1.807, 2.05) is 0 Å². The van der Waals surface area contributed by atoms with Gasteiger partial charge in [-0.3, -0.25) is 0 Å². The van der Waals surface area contributed by atoms with Crippen LogP contribution in [0.25, 0.3) is 5.52 Å². The second kappa shape index (κ2) is 3.98. The van der Waals surface area contributed by atoms with E-state index in [1.165, 1.54) is 0 Å². The lowest BCUT2D eigenvalue weighted by Crippen LogP contribution is -2.05. The quantitative estimate of drug-likeness (QED) is 0.779. The highest BCUT2D eigenvalue weighted by atomic mass is 79.9. The van der Waals surface area contributed by atoms with Crippen LogP contribution in [0.3, 0.4) is 0 Å². The van der Waals surface area contributed by atoms with Gasteiger partial charge in [-0.05, 0) is 22.9 Å². The second-order valence-corrected chi connectivity index (χ2v) is 3.63. The fourth-order valence-corrected chi connectivity index (χ4v) is 1.55. The number of hydrogen-bond donors (Lipinski definition) is 0. The van der Waals surface area contributed by atoms with E-state index in [0.29, 0.717) is 16.7 Å². The molecule has 0 amide bonds. The Balaban J connectivity index is 2.49. The summed E-state index contributed by atoms with van der Waals surface area (Å²) in [5, 5.41) is 0. The van der Waals surface area contributed by atoms with E-state index < -0.39 is 5.97 Å². The lowest BCUT2D eigenvalue weighted by atomic mass is 10.4. The Morgan fingerprint density at radius 3 is 3.13 bits per heavy atom. The molecule has 6 heteroatoms. The number of halogens is 1. The minimum Gasteiger partial charge on any atom is -0.461 e. The molecular weight excluding hydrogens is 262 g/mol. The van der Waals surface area contributed by atoms with Crippen molar-refractivity contribution >= 4 is 27.4 Å². The zero-order valence-corrected chi connectivity index (χ0v) is 9.56. The molecule has 0 fully saturated rings. The Labute approximate surface area is 94.2 Å². The van der Waals surface area contributed by atoms with Crippen LogP contribution in [0.5, 0.6) is 0 Å². The molecule has 0 aliphatic rings. The number of imidazole rings is 1. The first-order valence-electron chi connectivity index (χ1n) is 4.37. The summed E-state index contributed by atoms with van der Waals surface area (Å²) in [6.07, 6.45) is 4.85. The average Bonchev–Trinajstić information content (AvgIpc) is 2.60. The number of nitrogens with zero attached hydrogens (tertiary/aromatic N) is 3. The van der Waals surface area contributed by atoms with Crippen molar-refractivity contribution in [2.24, 2.45) is 0 Å². The highest BCUT2D eigenvalue weighted by Gasteiger charge is 2.14. The molecule has 0 bridgehead atoms. The number of hydrogen-bond acceptors (Lipinski definition) is 4. The molecule has 0 unspecified atom stereocenters. The van der Waals surface area contributed by atoms with Gasteiger partial charge in [0.2, 0.25) is 0 Å². The Morgan fingerprint density at radius 1 is 1.60 bits per heavy atom. The highest BCUT2D eigenvalue weighted by molar-refractivity contribution is 9.10. The summed E-state index contributed by atoms with van der Waals surface area (Å²) in [6, 6.07) is 0. The van der Waals surface area contributed by atoms with Gasteiger partial charge in [-0.15, -0.1) is 0 Å². The van der Waals surface area contributed by atoms with Crippen molar-refractivity contribution in [1.82, 2.24) is 14.4 Å². The minimum absolute atomic E-state index is 0.289. The van der Waals surface area contributed by atoms with E-state index in [-0.39, 0.29) is 5.69 Å². The minimum atomic E-state index is -0.427. The number of esters is 1. The van der Waals surface area contributed by atoms with Crippen molar-refractivity contribution in [2.45, 2.75) is 6.92 Å². The molecule has 0 spiro atoms. The fourth-order valence-electron chi connectivity index (χ4n) is 1.23. The number of carbonyl (C=O) groups excluding carboxylic acids is 1. The van der Waals surface area contributed by atoms with Crippen LogP contribution in [-0.2, 0) is 4.74 Å². The lowest BCUT2D eigenvalue weighted by Gasteiger charge is -1.98. The van der Waals surface area contributed by atoms with Gasteiger partial charge >= 0.3 is 5.97 Å². The van der Waals surface area contributed by atoms with Gasteiger partial charge in [0.25, 0.3) is 0 Å². The van der Waals surface area contributed by atoms with E-state index in [0.717, 1.165) is 0 Å². The molecule has 2 heterocycles. The van der Waals surface area contributed by atoms with Gasteiger partial charge in [0, 0.05) is 6.20 Å². The third-order valence-electron chi connectivity index (χ3n) is 1.86. The van der Waals surface area contributed by atoms with Crippen LogP contribution in [0.4, 0.5) is 0 Å². The van der Waals surface area contributed by atoms with E-state index in [9.17, 15) is 4.79 Å². The van der Waals surface area contributed by atoms with Crippen molar-refractivity contribution in [3.63, 3.8) is 0 Å². The van der Waals surface area contributed by atoms with Gasteiger partial charge in [-0.25, -0.2) is 14.8 Å². The Hall–Kier alpha value is -1.43. The molecule has 0 N–H and O–H groups in total. The van der Waals surface area contributed by atoms with Crippen molar-refractivity contribution in [1.29, 1.82) is 0 Å². The van der Waals surface area contributed by atoms with Crippen LogP contribution in [0.15, 0.2) is 23.3 Å². The number of ether oxygens (including phenoxy) is 1. The van der Waals surface area contributed by atoms with Crippen molar-refractivity contribution < 1.29 is 9.53 Å². The number of carbonyl (C=O) groups is 1. The Bertz CT molecular complexity index is 509. The van der Waals surface area contributed by atoms with E-state index >= 15 is 0 Å². The number of rotatable bonds is 2. The normalized spacial score (nSPS) is 10.5. The molecule has 0 atom stereocenters. The maximum atomic E-state index is 11.5. The van der Waals surface area contributed by atoms with Crippen LogP contribution in [-0.4, -0.2) is 26.9 Å². The van der Waals surface area contributed by atoms with Gasteiger partial charge in [0.05, 0.1) is 18.3 Å². The van der Waals surface area contributed by atoms with Gasteiger partial charge in [-0.1, -0.05) is 0 Å².